The first kappa shape index (κ1) is 15.3. The molecule has 1 heterocycles. The third-order valence-electron chi connectivity index (χ3n) is 2.90. The van der Waals surface area contributed by atoms with E-state index in [-0.39, 0.29) is 5.75 Å². The second kappa shape index (κ2) is 7.61. The van der Waals surface area contributed by atoms with Gasteiger partial charge < -0.3 is 19.1 Å². The van der Waals surface area contributed by atoms with Crippen molar-refractivity contribution in [1.82, 2.24) is 14.8 Å². The van der Waals surface area contributed by atoms with Crippen molar-refractivity contribution in [1.29, 1.82) is 0 Å². The van der Waals surface area contributed by atoms with Crippen LogP contribution in [-0.4, -0.2) is 58.5 Å². The molecule has 1 aliphatic rings. The molecule has 20 heavy (non-hydrogen) atoms. The van der Waals surface area contributed by atoms with Gasteiger partial charge in [-0.1, -0.05) is 11.8 Å². The van der Waals surface area contributed by atoms with E-state index in [9.17, 15) is 4.79 Å². The topological polar surface area (TPSA) is 86.5 Å². The fourth-order valence-electron chi connectivity index (χ4n) is 1.79. The lowest BCUT2D eigenvalue weighted by Gasteiger charge is -2.09. The summed E-state index contributed by atoms with van der Waals surface area (Å²) in [7, 11) is 1.63. The summed E-state index contributed by atoms with van der Waals surface area (Å²) < 4.78 is 12.4. The molecule has 0 atom stereocenters. The smallest absolute Gasteiger partial charge is 0.313 e. The zero-order valence-electron chi connectivity index (χ0n) is 11.4. The largest absolute Gasteiger partial charge is 0.481 e. The summed E-state index contributed by atoms with van der Waals surface area (Å²) in [5, 5.41) is 17.7. The Bertz CT molecular complexity index is 448. The average molecular weight is 301 g/mol. The highest BCUT2D eigenvalue weighted by atomic mass is 32.2. The molecule has 1 N–H and O–H groups in total. The van der Waals surface area contributed by atoms with Crippen LogP contribution in [-0.2, 0) is 20.8 Å². The van der Waals surface area contributed by atoms with Crippen LogP contribution in [0, 0.1) is 0 Å². The van der Waals surface area contributed by atoms with E-state index < -0.39 is 5.97 Å². The summed E-state index contributed by atoms with van der Waals surface area (Å²) >= 11 is 1.20. The van der Waals surface area contributed by atoms with E-state index in [1.807, 2.05) is 4.57 Å². The molecule has 112 valence electrons. The number of ether oxygens (including phenoxy) is 2. The van der Waals surface area contributed by atoms with Gasteiger partial charge in [0, 0.05) is 19.6 Å². The first-order valence-electron chi connectivity index (χ1n) is 6.56. The summed E-state index contributed by atoms with van der Waals surface area (Å²) in [4.78, 5) is 10.7. The number of hydrogen-bond acceptors (Lipinski definition) is 6. The molecule has 1 aromatic rings. The van der Waals surface area contributed by atoms with E-state index in [1.165, 1.54) is 11.8 Å². The lowest BCUT2D eigenvalue weighted by atomic mass is 10.4. The molecule has 0 saturated heterocycles. The average Bonchev–Trinajstić information content (AvgIpc) is 3.18. The van der Waals surface area contributed by atoms with E-state index >= 15 is 0 Å². The van der Waals surface area contributed by atoms with Gasteiger partial charge >= 0.3 is 5.97 Å². The Morgan fingerprint density at radius 2 is 2.20 bits per heavy atom. The molecule has 0 unspecified atom stereocenters. The first-order valence-corrected chi connectivity index (χ1v) is 7.55. The van der Waals surface area contributed by atoms with E-state index in [0.29, 0.717) is 37.4 Å². The van der Waals surface area contributed by atoms with Gasteiger partial charge in [-0.05, 0) is 12.8 Å². The van der Waals surface area contributed by atoms with E-state index in [4.69, 9.17) is 14.6 Å². The number of nitrogens with zero attached hydrogens (tertiary/aromatic N) is 3. The van der Waals surface area contributed by atoms with Crippen LogP contribution < -0.4 is 0 Å². The first-order chi connectivity index (χ1) is 9.72. The van der Waals surface area contributed by atoms with Crippen LogP contribution in [0.5, 0.6) is 0 Å². The van der Waals surface area contributed by atoms with Gasteiger partial charge in [-0.25, -0.2) is 0 Å². The Balaban J connectivity index is 1.91. The molecule has 1 aliphatic carbocycles. The number of carboxylic acids is 1. The third kappa shape index (κ3) is 4.46. The van der Waals surface area contributed by atoms with Gasteiger partial charge in [0.25, 0.3) is 0 Å². The van der Waals surface area contributed by atoms with Crippen molar-refractivity contribution < 1.29 is 19.4 Å². The number of thioether (sulfide) groups is 1. The third-order valence-corrected chi connectivity index (χ3v) is 3.86. The van der Waals surface area contributed by atoms with Crippen molar-refractivity contribution >= 4 is 17.7 Å². The van der Waals surface area contributed by atoms with Crippen molar-refractivity contribution in [3.05, 3.63) is 5.82 Å². The maximum Gasteiger partial charge on any atom is 0.313 e. The standard InChI is InChI=1S/C12H19N3O4S/c1-18-6-7-19-5-4-15-11(9-2-3-9)13-14-12(15)20-8-10(16)17/h9H,2-8H2,1H3,(H,16,17). The van der Waals surface area contributed by atoms with Crippen molar-refractivity contribution in [2.24, 2.45) is 0 Å². The molecule has 1 fully saturated rings. The predicted molar refractivity (Wildman–Crippen MR) is 73.1 cm³/mol. The minimum absolute atomic E-state index is 0.00662. The summed E-state index contributed by atoms with van der Waals surface area (Å²) in [5.41, 5.74) is 0. The Morgan fingerprint density at radius 3 is 2.85 bits per heavy atom. The SMILES string of the molecule is COCCOCCn1c(SCC(=O)O)nnc1C1CC1. The molecule has 2 rings (SSSR count). The van der Waals surface area contributed by atoms with Gasteiger partial charge in [-0.3, -0.25) is 4.79 Å². The van der Waals surface area contributed by atoms with Gasteiger partial charge in [-0.2, -0.15) is 0 Å². The number of carboxylic acid groups (broad SMARTS) is 1. The van der Waals surface area contributed by atoms with Crippen LogP contribution in [0.1, 0.15) is 24.6 Å². The molecule has 1 aromatic heterocycles. The van der Waals surface area contributed by atoms with Gasteiger partial charge in [0.1, 0.15) is 5.82 Å². The molecule has 0 amide bonds. The Labute approximate surface area is 121 Å². The lowest BCUT2D eigenvalue weighted by Crippen LogP contribution is -2.12. The number of aliphatic carboxylic acids is 1. The monoisotopic (exact) mass is 301 g/mol. The van der Waals surface area contributed by atoms with Crippen molar-refractivity contribution in [2.45, 2.75) is 30.5 Å². The summed E-state index contributed by atoms with van der Waals surface area (Å²) in [6, 6.07) is 0. The van der Waals surface area contributed by atoms with Crippen LogP contribution in [0.3, 0.4) is 0 Å². The van der Waals surface area contributed by atoms with E-state index in [0.717, 1.165) is 18.7 Å². The van der Waals surface area contributed by atoms with Crippen LogP contribution in [0.4, 0.5) is 0 Å². The number of hydrogen-bond donors (Lipinski definition) is 1. The normalized spacial score (nSPS) is 14.7. The van der Waals surface area contributed by atoms with E-state index in [2.05, 4.69) is 10.2 Å². The zero-order chi connectivity index (χ0) is 14.4. The summed E-state index contributed by atoms with van der Waals surface area (Å²) in [5.74, 6) is 0.565. The highest BCUT2D eigenvalue weighted by Gasteiger charge is 2.30. The number of aromatic nitrogens is 3. The van der Waals surface area contributed by atoms with Crippen LogP contribution in [0.25, 0.3) is 0 Å². The molecule has 0 bridgehead atoms. The second-order valence-electron chi connectivity index (χ2n) is 4.55. The van der Waals surface area contributed by atoms with Crippen molar-refractivity contribution in [3.8, 4) is 0 Å². The molecule has 7 nitrogen and oxygen atoms in total. The number of rotatable bonds is 10. The quantitative estimate of drug-likeness (QED) is 0.509. The maximum atomic E-state index is 10.7. The predicted octanol–water partition coefficient (Wildman–Crippen LogP) is 0.995. The van der Waals surface area contributed by atoms with Crippen LogP contribution in [0.15, 0.2) is 5.16 Å². The highest BCUT2D eigenvalue weighted by molar-refractivity contribution is 7.99. The Morgan fingerprint density at radius 1 is 1.40 bits per heavy atom. The van der Waals surface area contributed by atoms with Crippen LogP contribution in [0.2, 0.25) is 0 Å². The molecule has 0 radical (unpaired) electrons. The fourth-order valence-corrected chi connectivity index (χ4v) is 2.48. The Hall–Kier alpha value is -1.12. The van der Waals surface area contributed by atoms with Crippen molar-refractivity contribution in [2.75, 3.05) is 32.7 Å². The summed E-state index contributed by atoms with van der Waals surface area (Å²) in [6.45, 7) is 2.31. The summed E-state index contributed by atoms with van der Waals surface area (Å²) in [6.07, 6.45) is 2.26. The molecular weight excluding hydrogens is 282 g/mol. The number of carbonyl (C=O) groups is 1. The van der Waals surface area contributed by atoms with Gasteiger partial charge in [0.05, 0.1) is 25.6 Å². The molecule has 0 spiro atoms. The highest BCUT2D eigenvalue weighted by Crippen LogP contribution is 2.39. The second-order valence-corrected chi connectivity index (χ2v) is 5.50. The minimum atomic E-state index is -0.853. The van der Waals surface area contributed by atoms with Gasteiger partial charge in [0.2, 0.25) is 0 Å². The van der Waals surface area contributed by atoms with E-state index in [1.54, 1.807) is 7.11 Å². The molecular formula is C12H19N3O4S. The molecule has 0 aromatic carbocycles. The number of methoxy groups -OCH3 is 1. The fraction of sp³-hybridized carbons (Fsp3) is 0.750. The lowest BCUT2D eigenvalue weighted by molar-refractivity contribution is -0.133. The zero-order valence-corrected chi connectivity index (χ0v) is 12.3. The molecule has 0 aliphatic heterocycles. The van der Waals surface area contributed by atoms with Crippen molar-refractivity contribution in [3.63, 3.8) is 0 Å². The molecule has 1 saturated carbocycles. The Kier molecular flexibility index (Phi) is 5.81. The maximum absolute atomic E-state index is 10.7. The van der Waals surface area contributed by atoms with Crippen LogP contribution >= 0.6 is 11.8 Å². The van der Waals surface area contributed by atoms with Gasteiger partial charge in [0.15, 0.2) is 5.16 Å². The van der Waals surface area contributed by atoms with Gasteiger partial charge in [-0.15, -0.1) is 10.2 Å². The molecule has 8 heteroatoms. The minimum Gasteiger partial charge on any atom is -0.481 e.